The normalized spacial score (nSPS) is 54.8. The maximum Gasteiger partial charge on any atom is 0.330 e. The van der Waals surface area contributed by atoms with E-state index < -0.39 is 8.60 Å². The van der Waals surface area contributed by atoms with E-state index in [4.69, 9.17) is 9.05 Å². The molecule has 0 aromatic rings. The molecule has 4 rings (SSSR count). The van der Waals surface area contributed by atoms with Crippen LogP contribution in [0.25, 0.3) is 0 Å². The zero-order valence-electron chi connectivity index (χ0n) is 18.1. The molecule has 4 saturated carbocycles. The van der Waals surface area contributed by atoms with E-state index >= 15 is 0 Å². The van der Waals surface area contributed by atoms with Gasteiger partial charge in [-0.05, 0) is 75.0 Å². The molecule has 3 nitrogen and oxygen atoms in total. The number of hydrogen-bond acceptors (Lipinski definition) is 3. The summed E-state index contributed by atoms with van der Waals surface area (Å²) < 4.78 is 12.8. The molecule has 4 bridgehead atoms. The van der Waals surface area contributed by atoms with Crippen LogP contribution in [0.15, 0.2) is 0 Å². The summed E-state index contributed by atoms with van der Waals surface area (Å²) in [5.74, 6) is 1.38. The second kappa shape index (κ2) is 5.26. The Hall–Kier alpha value is 0.310. The first-order valence-electron chi connectivity index (χ1n) is 10.6. The Morgan fingerprint density at radius 1 is 0.692 bits per heavy atom. The molecule has 0 heterocycles. The largest absolute Gasteiger partial charge is 0.330 e. The molecular weight excluding hydrogens is 343 g/mol. The van der Waals surface area contributed by atoms with Crippen molar-refractivity contribution < 1.29 is 13.9 Å². The van der Waals surface area contributed by atoms with Crippen molar-refractivity contribution in [1.29, 1.82) is 0 Å². The fraction of sp³-hybridized carbons (Fsp3) is 1.00. The second-order valence-corrected chi connectivity index (χ2v) is 12.7. The van der Waals surface area contributed by atoms with E-state index in [-0.39, 0.29) is 32.9 Å². The van der Waals surface area contributed by atoms with Gasteiger partial charge in [-0.25, -0.2) is 0 Å². The molecule has 4 unspecified atom stereocenters. The van der Waals surface area contributed by atoms with Gasteiger partial charge in [0.25, 0.3) is 0 Å². The number of fused-ring (bicyclic) bond motifs is 4. The minimum atomic E-state index is -1.87. The van der Waals surface area contributed by atoms with E-state index in [2.05, 4.69) is 55.4 Å². The van der Waals surface area contributed by atoms with Gasteiger partial charge in [-0.15, -0.1) is 0 Å². The molecule has 150 valence electrons. The topological polar surface area (TPSA) is 38.7 Å². The molecule has 0 spiro atoms. The molecule has 4 aliphatic rings. The summed E-state index contributed by atoms with van der Waals surface area (Å²) in [6, 6.07) is 0. The molecule has 0 saturated heterocycles. The maximum absolute atomic E-state index is 10.9. The van der Waals surface area contributed by atoms with Gasteiger partial charge < -0.3 is 13.9 Å². The SMILES string of the molecule is CC1(C)C2CCC1(C)[C@@](C)(OP(O)O[C@@]1(C)CC3CCC1(C)C3(C)C)C2. The van der Waals surface area contributed by atoms with Crippen molar-refractivity contribution in [1.82, 2.24) is 0 Å². The Bertz CT molecular complexity index is 567. The van der Waals surface area contributed by atoms with E-state index in [0.717, 1.165) is 12.8 Å². The molecular formula is C22H39O3P. The second-order valence-electron chi connectivity index (χ2n) is 11.9. The zero-order chi connectivity index (χ0) is 19.4. The van der Waals surface area contributed by atoms with Crippen molar-refractivity contribution in [2.24, 2.45) is 33.5 Å². The average molecular weight is 383 g/mol. The third kappa shape index (κ3) is 2.05. The van der Waals surface area contributed by atoms with Crippen LogP contribution in [-0.4, -0.2) is 16.1 Å². The van der Waals surface area contributed by atoms with Gasteiger partial charge in [0.2, 0.25) is 0 Å². The number of rotatable bonds is 4. The Morgan fingerprint density at radius 3 is 1.27 bits per heavy atom. The summed E-state index contributed by atoms with van der Waals surface area (Å²) in [4.78, 5) is 10.9. The maximum atomic E-state index is 10.9. The van der Waals surface area contributed by atoms with Crippen molar-refractivity contribution in [3.8, 4) is 0 Å². The molecule has 4 fully saturated rings. The molecule has 6 atom stereocenters. The summed E-state index contributed by atoms with van der Waals surface area (Å²) in [5, 5.41) is 0. The van der Waals surface area contributed by atoms with Crippen LogP contribution in [0, 0.1) is 33.5 Å². The zero-order valence-corrected chi connectivity index (χ0v) is 19.0. The lowest BCUT2D eigenvalue weighted by Gasteiger charge is -2.49. The molecule has 26 heavy (non-hydrogen) atoms. The van der Waals surface area contributed by atoms with Crippen molar-refractivity contribution in [2.45, 2.75) is 105 Å². The lowest BCUT2D eigenvalue weighted by molar-refractivity contribution is -0.0985. The summed E-state index contributed by atoms with van der Waals surface area (Å²) in [7, 11) is -1.87. The summed E-state index contributed by atoms with van der Waals surface area (Å²) >= 11 is 0. The molecule has 0 aromatic carbocycles. The van der Waals surface area contributed by atoms with Crippen molar-refractivity contribution in [2.75, 3.05) is 0 Å². The minimum Gasteiger partial charge on any atom is -0.328 e. The highest BCUT2D eigenvalue weighted by atomic mass is 31.2. The summed E-state index contributed by atoms with van der Waals surface area (Å²) in [6.45, 7) is 18.7. The van der Waals surface area contributed by atoms with Crippen LogP contribution in [0.4, 0.5) is 0 Å². The van der Waals surface area contributed by atoms with E-state index in [9.17, 15) is 4.89 Å². The van der Waals surface area contributed by atoms with Gasteiger partial charge in [0.05, 0.1) is 11.2 Å². The molecule has 0 radical (unpaired) electrons. The fourth-order valence-electron chi connectivity index (χ4n) is 7.83. The van der Waals surface area contributed by atoms with Crippen LogP contribution in [0.2, 0.25) is 0 Å². The van der Waals surface area contributed by atoms with E-state index in [1.54, 1.807) is 0 Å². The predicted molar refractivity (Wildman–Crippen MR) is 107 cm³/mol. The lowest BCUT2D eigenvalue weighted by atomic mass is 9.65. The molecule has 1 N–H and O–H groups in total. The van der Waals surface area contributed by atoms with Crippen LogP contribution in [0.1, 0.15) is 93.9 Å². The standard InChI is InChI=1S/C22H39O3P/c1-17(2)15-9-11-19(17,5)21(7,13-15)24-26(23)25-22(8)14-16-10-12-20(22,6)18(16,3)4/h15-16,23H,9-14H2,1-8H3/t15?,16?,19?,20?,21-,22-,26?/m0/s1. The monoisotopic (exact) mass is 382 g/mol. The quantitative estimate of drug-likeness (QED) is 0.568. The van der Waals surface area contributed by atoms with E-state index in [0.29, 0.717) is 11.8 Å². The van der Waals surface area contributed by atoms with Crippen LogP contribution >= 0.6 is 8.60 Å². The van der Waals surface area contributed by atoms with Crippen LogP contribution in [-0.2, 0) is 9.05 Å². The van der Waals surface area contributed by atoms with Crippen molar-refractivity contribution in [3.05, 3.63) is 0 Å². The molecule has 0 aromatic heterocycles. The van der Waals surface area contributed by atoms with Crippen LogP contribution in [0.3, 0.4) is 0 Å². The lowest BCUT2D eigenvalue weighted by Crippen LogP contribution is -2.48. The van der Waals surface area contributed by atoms with Gasteiger partial charge in [0.15, 0.2) is 0 Å². The van der Waals surface area contributed by atoms with Gasteiger partial charge in [-0.3, -0.25) is 0 Å². The first kappa shape index (κ1) is 19.6. The first-order valence-corrected chi connectivity index (χ1v) is 11.7. The highest BCUT2D eigenvalue weighted by Crippen LogP contribution is 2.75. The summed E-state index contributed by atoms with van der Waals surface area (Å²) in [6.07, 6.45) is 7.04. The average Bonchev–Trinajstić information content (AvgIpc) is 2.96. The van der Waals surface area contributed by atoms with Gasteiger partial charge in [0.1, 0.15) is 0 Å². The minimum absolute atomic E-state index is 0.107. The van der Waals surface area contributed by atoms with E-state index in [1.165, 1.54) is 25.7 Å². The Balaban J connectivity index is 1.52. The summed E-state index contributed by atoms with van der Waals surface area (Å²) in [5.41, 5.74) is 0.172. The third-order valence-electron chi connectivity index (χ3n) is 11.0. The van der Waals surface area contributed by atoms with E-state index in [1.807, 2.05) is 0 Å². The van der Waals surface area contributed by atoms with Gasteiger partial charge in [-0.1, -0.05) is 41.5 Å². The fourth-order valence-corrected chi connectivity index (χ4v) is 9.11. The van der Waals surface area contributed by atoms with Crippen LogP contribution < -0.4 is 0 Å². The smallest absolute Gasteiger partial charge is 0.328 e. The molecule has 4 heteroatoms. The Morgan fingerprint density at radius 2 is 1.04 bits per heavy atom. The molecule has 0 aliphatic heterocycles. The van der Waals surface area contributed by atoms with Crippen molar-refractivity contribution in [3.63, 3.8) is 0 Å². The highest BCUT2D eigenvalue weighted by Gasteiger charge is 2.70. The van der Waals surface area contributed by atoms with Crippen molar-refractivity contribution >= 4 is 8.60 Å². The highest BCUT2D eigenvalue weighted by molar-refractivity contribution is 7.40. The Labute approximate surface area is 161 Å². The number of hydrogen-bond donors (Lipinski definition) is 1. The van der Waals surface area contributed by atoms with Gasteiger partial charge in [-0.2, -0.15) is 0 Å². The first-order chi connectivity index (χ1) is 11.7. The van der Waals surface area contributed by atoms with Gasteiger partial charge >= 0.3 is 8.60 Å². The van der Waals surface area contributed by atoms with Gasteiger partial charge in [0, 0.05) is 10.8 Å². The molecule has 0 amide bonds. The molecule has 4 aliphatic carbocycles. The Kier molecular flexibility index (Phi) is 3.97. The van der Waals surface area contributed by atoms with Crippen LogP contribution in [0.5, 0.6) is 0 Å². The third-order valence-corrected chi connectivity index (χ3v) is 12.2. The predicted octanol–water partition coefficient (Wildman–Crippen LogP) is 6.45.